The van der Waals surface area contributed by atoms with E-state index in [9.17, 15) is 0 Å². The van der Waals surface area contributed by atoms with Gasteiger partial charge in [-0.1, -0.05) is 133 Å². The number of hydrogen-bond acceptors (Lipinski definition) is 4. The van der Waals surface area contributed by atoms with Crippen molar-refractivity contribution in [2.24, 2.45) is 0 Å². The summed E-state index contributed by atoms with van der Waals surface area (Å²) in [6.45, 7) is 0. The predicted octanol–water partition coefficient (Wildman–Crippen LogP) is 18.9. The lowest BCUT2D eigenvalue weighted by atomic mass is 9.96. The smallest absolute Gasteiger partial charge is 0.0554 e. The molecule has 0 amide bonds. The Kier molecular flexibility index (Phi) is 8.26. The van der Waals surface area contributed by atoms with E-state index < -0.39 is 0 Å². The lowest BCUT2D eigenvalue weighted by Crippen LogP contribution is -2.10. The minimum absolute atomic E-state index is 1.07. The second-order valence-electron chi connectivity index (χ2n) is 18.1. The maximum atomic E-state index is 2.61. The van der Waals surface area contributed by atoms with Crippen molar-refractivity contribution in [3.63, 3.8) is 0 Å². The average molecular weight is 909 g/mol. The molecule has 5 heteroatoms. The Morgan fingerprint density at radius 1 is 0.448 bits per heavy atom. The van der Waals surface area contributed by atoms with Gasteiger partial charge in [-0.3, -0.25) is 0 Å². The number of fused-ring (bicyclic) bond motifs is 10. The van der Waals surface area contributed by atoms with Crippen LogP contribution < -0.4 is 4.90 Å². The molecule has 15 rings (SSSR count). The number of hydrogen-bond donors (Lipinski definition) is 0. The van der Waals surface area contributed by atoms with E-state index in [1.54, 1.807) is 0 Å². The highest BCUT2D eigenvalue weighted by molar-refractivity contribution is 7.25. The molecule has 316 valence electrons. The van der Waals surface area contributed by atoms with Gasteiger partial charge in [-0.05, 0) is 120 Å². The van der Waals surface area contributed by atoms with E-state index in [1.807, 2.05) is 34.0 Å². The van der Waals surface area contributed by atoms with Crippen LogP contribution in [0.25, 0.3) is 113 Å². The summed E-state index contributed by atoms with van der Waals surface area (Å²) in [5.41, 5.74) is 14.9. The molecule has 2 aliphatic rings. The zero-order valence-corrected chi connectivity index (χ0v) is 38.9. The first-order chi connectivity index (χ1) is 33.2. The molecule has 2 nitrogen and oxygen atoms in total. The van der Waals surface area contributed by atoms with Crippen LogP contribution in [0.5, 0.6) is 0 Å². The van der Waals surface area contributed by atoms with Gasteiger partial charge >= 0.3 is 0 Å². The molecule has 13 aromatic rings. The molecule has 0 saturated carbocycles. The number of benzene rings is 9. The fourth-order valence-electron chi connectivity index (χ4n) is 11.4. The number of rotatable bonds is 6. The largest absolute Gasteiger partial charge is 0.310 e. The van der Waals surface area contributed by atoms with Gasteiger partial charge in [0.15, 0.2) is 0 Å². The van der Waals surface area contributed by atoms with Crippen molar-refractivity contribution in [2.75, 3.05) is 4.90 Å². The Hall–Kier alpha value is -7.28. The van der Waals surface area contributed by atoms with Gasteiger partial charge in [0, 0.05) is 83.2 Å². The third kappa shape index (κ3) is 5.66. The molecule has 0 unspecified atom stereocenters. The topological polar surface area (TPSA) is 8.17 Å². The van der Waals surface area contributed by atoms with Crippen LogP contribution in [0.1, 0.15) is 33.7 Å². The van der Waals surface area contributed by atoms with Crippen LogP contribution >= 0.6 is 34.0 Å². The number of aryl methyl sites for hydroxylation is 2. The third-order valence-corrected chi connectivity index (χ3v) is 18.1. The molecular weight excluding hydrogens is 869 g/mol. The van der Waals surface area contributed by atoms with Crippen LogP contribution in [-0.4, -0.2) is 4.57 Å². The molecule has 0 atom stereocenters. The number of thiophene rings is 3. The lowest BCUT2D eigenvalue weighted by Gasteiger charge is -2.27. The van der Waals surface area contributed by atoms with Gasteiger partial charge < -0.3 is 9.47 Å². The maximum Gasteiger partial charge on any atom is 0.0554 e. The quantitative estimate of drug-likeness (QED) is 0.151. The number of aromatic nitrogens is 1. The molecule has 9 aromatic carbocycles. The molecule has 4 aromatic heterocycles. The van der Waals surface area contributed by atoms with Gasteiger partial charge in [0.25, 0.3) is 0 Å². The first kappa shape index (κ1) is 37.9. The van der Waals surface area contributed by atoms with E-state index in [1.165, 1.54) is 139 Å². The van der Waals surface area contributed by atoms with Crippen LogP contribution in [0.2, 0.25) is 0 Å². The first-order valence-corrected chi connectivity index (χ1v) is 25.8. The second kappa shape index (κ2) is 14.6. The van der Waals surface area contributed by atoms with E-state index in [-0.39, 0.29) is 0 Å². The van der Waals surface area contributed by atoms with Crippen molar-refractivity contribution in [3.8, 4) is 27.9 Å². The highest BCUT2D eigenvalue weighted by Gasteiger charge is 2.27. The normalized spacial score (nSPS) is 13.6. The van der Waals surface area contributed by atoms with Crippen molar-refractivity contribution in [1.82, 2.24) is 4.57 Å². The fraction of sp³-hybridized carbons (Fsp3) is 0.0645. The van der Waals surface area contributed by atoms with Crippen molar-refractivity contribution in [3.05, 3.63) is 203 Å². The molecule has 0 radical (unpaired) electrons. The Balaban J connectivity index is 1.05. The highest BCUT2D eigenvalue weighted by atomic mass is 32.1. The summed E-state index contributed by atoms with van der Waals surface area (Å²) in [7, 11) is 0. The molecule has 0 saturated heterocycles. The van der Waals surface area contributed by atoms with Gasteiger partial charge in [-0.15, -0.1) is 34.0 Å². The minimum Gasteiger partial charge on any atom is -0.310 e. The van der Waals surface area contributed by atoms with Crippen molar-refractivity contribution < 1.29 is 0 Å². The molecule has 0 N–H and O–H groups in total. The summed E-state index contributed by atoms with van der Waals surface area (Å²) in [5.74, 6) is 0. The third-order valence-electron chi connectivity index (χ3n) is 14.5. The Bertz CT molecular complexity index is 4210. The second-order valence-corrected chi connectivity index (χ2v) is 21.4. The SMILES string of the molecule is C1=Cc2c(sc3cc(N(c4ccc5c(c4)sc4ccccc45)c4ccc5c6c4ccc4c7sc8c(c7cc(c46)n5-c4cc(-c5ccccc5)ccc4-c4ccccc4)CCC=C8)ccc23)CC1. The van der Waals surface area contributed by atoms with Crippen LogP contribution in [0.4, 0.5) is 17.1 Å². The molecule has 0 fully saturated rings. The molecule has 4 heterocycles. The highest BCUT2D eigenvalue weighted by Crippen LogP contribution is 2.52. The summed E-state index contributed by atoms with van der Waals surface area (Å²) in [6, 6.07) is 64.3. The van der Waals surface area contributed by atoms with Gasteiger partial charge in [0.1, 0.15) is 0 Å². The summed E-state index contributed by atoms with van der Waals surface area (Å²) in [5, 5.41) is 10.6. The van der Waals surface area contributed by atoms with Gasteiger partial charge in [-0.2, -0.15) is 0 Å². The molecule has 67 heavy (non-hydrogen) atoms. The minimum atomic E-state index is 1.07. The summed E-state index contributed by atoms with van der Waals surface area (Å²) in [4.78, 5) is 5.45. The molecule has 2 aliphatic carbocycles. The summed E-state index contributed by atoms with van der Waals surface area (Å²) < 4.78 is 7.97. The Morgan fingerprint density at radius 3 is 2.01 bits per heavy atom. The van der Waals surface area contributed by atoms with Crippen LogP contribution in [0.3, 0.4) is 0 Å². The van der Waals surface area contributed by atoms with E-state index in [4.69, 9.17) is 0 Å². The Labute approximate surface area is 399 Å². The predicted molar refractivity (Wildman–Crippen MR) is 293 cm³/mol. The molecule has 0 spiro atoms. The van der Waals surface area contributed by atoms with Crippen LogP contribution in [0, 0.1) is 0 Å². The number of anilines is 3. The van der Waals surface area contributed by atoms with Gasteiger partial charge in [0.2, 0.25) is 0 Å². The van der Waals surface area contributed by atoms with Crippen molar-refractivity contribution in [1.29, 1.82) is 0 Å². The zero-order chi connectivity index (χ0) is 43.7. The lowest BCUT2D eigenvalue weighted by molar-refractivity contribution is 1.01. The van der Waals surface area contributed by atoms with Gasteiger partial charge in [0.05, 0.1) is 22.4 Å². The average Bonchev–Trinajstić information content (AvgIpc) is 4.15. The molecular formula is C62H40N2S3. The fourth-order valence-corrected chi connectivity index (χ4v) is 15.1. The van der Waals surface area contributed by atoms with E-state index in [2.05, 4.69) is 204 Å². The standard InChI is InChI=1S/C62H40N2S3/c1-3-13-37(14-4-1)39-23-26-42(38-15-5-2-6-16-38)53(33-39)64-52-32-31-51(48-29-30-49-61(60(48)52)54(64)36-50-45-19-9-12-22-57(45)67-62(49)50)63(40-24-27-46-43-17-7-10-20-55(43)65-58(46)34-40)41-25-28-47-44-18-8-11-21-56(44)66-59(47)35-41/h1-8,10,12-18,20,22-36H,9,11,19,21H2. The summed E-state index contributed by atoms with van der Waals surface area (Å²) in [6.07, 6.45) is 13.8. The van der Waals surface area contributed by atoms with Crippen LogP contribution in [-0.2, 0) is 12.8 Å². The van der Waals surface area contributed by atoms with Gasteiger partial charge in [-0.25, -0.2) is 0 Å². The number of nitrogens with zero attached hydrogens (tertiary/aromatic N) is 2. The molecule has 0 bridgehead atoms. The Morgan fingerprint density at radius 2 is 1.15 bits per heavy atom. The number of allylic oxidation sites excluding steroid dienone is 2. The maximum absolute atomic E-state index is 2.61. The van der Waals surface area contributed by atoms with Crippen molar-refractivity contribution in [2.45, 2.75) is 25.7 Å². The van der Waals surface area contributed by atoms with Crippen molar-refractivity contribution >= 4 is 136 Å². The van der Waals surface area contributed by atoms with Crippen LogP contribution in [0.15, 0.2) is 182 Å². The zero-order valence-electron chi connectivity index (χ0n) is 36.4. The monoisotopic (exact) mass is 908 g/mol. The first-order valence-electron chi connectivity index (χ1n) is 23.3. The summed E-state index contributed by atoms with van der Waals surface area (Å²) >= 11 is 5.82. The van der Waals surface area contributed by atoms with E-state index in [0.29, 0.717) is 0 Å². The van der Waals surface area contributed by atoms with E-state index in [0.717, 1.165) is 25.7 Å². The molecule has 0 aliphatic heterocycles. The van der Waals surface area contributed by atoms with E-state index >= 15 is 0 Å².